The van der Waals surface area contributed by atoms with E-state index in [9.17, 15) is 0 Å². The fraction of sp³-hybridized carbons (Fsp3) is 0.167. The van der Waals surface area contributed by atoms with Gasteiger partial charge in [0, 0.05) is 53.9 Å². The van der Waals surface area contributed by atoms with E-state index in [1.54, 1.807) is 18.6 Å². The molecule has 0 aliphatic carbocycles. The Bertz CT molecular complexity index is 813. The summed E-state index contributed by atoms with van der Waals surface area (Å²) in [4.78, 5) is 0. The zero-order valence-electron chi connectivity index (χ0n) is 13.9. The third-order valence-electron chi connectivity index (χ3n) is 4.33. The minimum atomic E-state index is 1.06. The van der Waals surface area contributed by atoms with Gasteiger partial charge in [0.25, 0.3) is 0 Å². The fourth-order valence-electron chi connectivity index (χ4n) is 3.41. The van der Waals surface area contributed by atoms with Crippen molar-refractivity contribution >= 4 is 0 Å². The van der Waals surface area contributed by atoms with Gasteiger partial charge in [-0.25, -0.2) is 14.0 Å². The van der Waals surface area contributed by atoms with E-state index in [-0.39, 0.29) is 0 Å². The number of hydrogen-bond acceptors (Lipinski definition) is 3. The Labute approximate surface area is 140 Å². The van der Waals surface area contributed by atoms with E-state index < -0.39 is 0 Å². The first kappa shape index (κ1) is 14.4. The molecule has 0 spiro atoms. The summed E-state index contributed by atoms with van der Waals surface area (Å²) in [6, 6.07) is 5.79. The Kier molecular flexibility index (Phi) is 3.30. The summed E-state index contributed by atoms with van der Waals surface area (Å²) in [5.74, 6) is 0. The van der Waals surface area contributed by atoms with Crippen LogP contribution in [0, 0.1) is 20.8 Å². The average Bonchev–Trinajstić information content (AvgIpc) is 3.31. The van der Waals surface area contributed by atoms with Crippen LogP contribution in [0.5, 0.6) is 0 Å². The van der Waals surface area contributed by atoms with Gasteiger partial charge in [-0.05, 0) is 39.0 Å². The Morgan fingerprint density at radius 1 is 0.542 bits per heavy atom. The monoisotopic (exact) mass is 318 g/mol. The molecule has 0 saturated carbocycles. The molecule has 0 atom stereocenters. The lowest BCUT2D eigenvalue weighted by Crippen LogP contribution is -2.13. The third kappa shape index (κ3) is 2.07. The Hall–Kier alpha value is -3.15. The first-order valence-corrected chi connectivity index (χ1v) is 7.82. The molecule has 1 aromatic carbocycles. The minimum absolute atomic E-state index is 1.06. The van der Waals surface area contributed by atoms with E-state index in [1.807, 2.05) is 50.8 Å². The van der Waals surface area contributed by atoms with Crippen molar-refractivity contribution in [2.75, 3.05) is 0 Å². The van der Waals surface area contributed by atoms with Gasteiger partial charge in [0.05, 0.1) is 17.1 Å². The summed E-state index contributed by atoms with van der Waals surface area (Å²) in [7, 11) is 0. The molecule has 0 saturated heterocycles. The first-order valence-electron chi connectivity index (χ1n) is 7.82. The molecule has 3 heterocycles. The molecule has 0 aliphatic heterocycles. The third-order valence-corrected chi connectivity index (χ3v) is 4.33. The van der Waals surface area contributed by atoms with Gasteiger partial charge in [0.1, 0.15) is 0 Å². The van der Waals surface area contributed by atoms with E-state index in [4.69, 9.17) is 0 Å². The van der Waals surface area contributed by atoms with Gasteiger partial charge in [0.15, 0.2) is 0 Å². The molecule has 0 fully saturated rings. The Morgan fingerprint density at radius 3 is 1.04 bits per heavy atom. The summed E-state index contributed by atoms with van der Waals surface area (Å²) < 4.78 is 5.72. The standard InChI is InChI=1S/C18H18N6/c1-13-16(22-10-4-7-19-22)14(2)18(24-12-6-9-21-24)15(3)17(13)23-11-5-8-20-23/h4-12H,1-3H3. The van der Waals surface area contributed by atoms with Gasteiger partial charge in [-0.3, -0.25) is 0 Å². The molecule has 4 rings (SSSR count). The molecule has 0 bridgehead atoms. The molecule has 24 heavy (non-hydrogen) atoms. The maximum absolute atomic E-state index is 4.44. The van der Waals surface area contributed by atoms with Crippen LogP contribution in [-0.4, -0.2) is 29.3 Å². The quantitative estimate of drug-likeness (QED) is 0.583. The van der Waals surface area contributed by atoms with E-state index in [2.05, 4.69) is 36.1 Å². The van der Waals surface area contributed by atoms with Crippen LogP contribution in [0.3, 0.4) is 0 Å². The van der Waals surface area contributed by atoms with Crippen molar-refractivity contribution in [1.82, 2.24) is 29.3 Å². The highest BCUT2D eigenvalue weighted by Crippen LogP contribution is 2.33. The Balaban J connectivity index is 2.12. The molecule has 0 unspecified atom stereocenters. The zero-order chi connectivity index (χ0) is 16.7. The van der Waals surface area contributed by atoms with Gasteiger partial charge < -0.3 is 0 Å². The molecular weight excluding hydrogens is 300 g/mol. The van der Waals surface area contributed by atoms with Gasteiger partial charge in [0.2, 0.25) is 0 Å². The van der Waals surface area contributed by atoms with Crippen molar-refractivity contribution in [2.24, 2.45) is 0 Å². The topological polar surface area (TPSA) is 53.5 Å². The van der Waals surface area contributed by atoms with Crippen molar-refractivity contribution in [1.29, 1.82) is 0 Å². The normalized spacial score (nSPS) is 11.1. The first-order chi connectivity index (χ1) is 11.7. The summed E-state index contributed by atoms with van der Waals surface area (Å²) in [5, 5.41) is 13.3. The molecule has 6 nitrogen and oxygen atoms in total. The predicted octanol–water partition coefficient (Wildman–Crippen LogP) is 3.17. The lowest BCUT2D eigenvalue weighted by molar-refractivity contribution is 0.805. The maximum Gasteiger partial charge on any atom is 0.0747 e. The number of rotatable bonds is 3. The largest absolute Gasteiger partial charge is 0.240 e. The van der Waals surface area contributed by atoms with Crippen LogP contribution in [0.4, 0.5) is 0 Å². The van der Waals surface area contributed by atoms with E-state index in [1.165, 1.54) is 0 Å². The second kappa shape index (κ2) is 5.49. The molecule has 3 aromatic heterocycles. The van der Waals surface area contributed by atoms with Crippen molar-refractivity contribution in [2.45, 2.75) is 20.8 Å². The molecule has 0 radical (unpaired) electrons. The van der Waals surface area contributed by atoms with E-state index in [0.717, 1.165) is 33.8 Å². The fourth-order valence-corrected chi connectivity index (χ4v) is 3.41. The van der Waals surface area contributed by atoms with Crippen molar-refractivity contribution < 1.29 is 0 Å². The highest BCUT2D eigenvalue weighted by molar-refractivity contribution is 5.69. The van der Waals surface area contributed by atoms with Crippen LogP contribution in [-0.2, 0) is 0 Å². The van der Waals surface area contributed by atoms with Gasteiger partial charge in [-0.15, -0.1) is 0 Å². The molecule has 4 aromatic rings. The van der Waals surface area contributed by atoms with Crippen LogP contribution < -0.4 is 0 Å². The average molecular weight is 318 g/mol. The van der Waals surface area contributed by atoms with Gasteiger partial charge >= 0.3 is 0 Å². The van der Waals surface area contributed by atoms with Crippen molar-refractivity contribution in [3.05, 3.63) is 72.1 Å². The van der Waals surface area contributed by atoms with Crippen molar-refractivity contribution in [3.63, 3.8) is 0 Å². The number of aromatic nitrogens is 6. The summed E-state index contributed by atoms with van der Waals surface area (Å²) >= 11 is 0. The molecular formula is C18H18N6. The molecule has 0 aliphatic rings. The summed E-state index contributed by atoms with van der Waals surface area (Å²) in [6.45, 7) is 6.34. The maximum atomic E-state index is 4.44. The van der Waals surface area contributed by atoms with Crippen LogP contribution in [0.2, 0.25) is 0 Å². The number of hydrogen-bond donors (Lipinski definition) is 0. The van der Waals surface area contributed by atoms with E-state index in [0.29, 0.717) is 0 Å². The predicted molar refractivity (Wildman–Crippen MR) is 92.0 cm³/mol. The SMILES string of the molecule is Cc1c(-n2cccn2)c(C)c(-n2cccn2)c(C)c1-n1cccn1. The summed E-state index contributed by atoms with van der Waals surface area (Å²) in [6.07, 6.45) is 11.3. The molecule has 0 N–H and O–H groups in total. The van der Waals surface area contributed by atoms with Gasteiger partial charge in [-0.1, -0.05) is 0 Å². The lowest BCUT2D eigenvalue weighted by Gasteiger charge is -2.22. The molecule has 6 heteroatoms. The Morgan fingerprint density at radius 2 is 0.833 bits per heavy atom. The smallest absolute Gasteiger partial charge is 0.0747 e. The molecule has 0 amide bonds. The van der Waals surface area contributed by atoms with Crippen LogP contribution in [0.15, 0.2) is 55.4 Å². The lowest BCUT2D eigenvalue weighted by atomic mass is 9.99. The second-order valence-corrected chi connectivity index (χ2v) is 5.77. The van der Waals surface area contributed by atoms with E-state index >= 15 is 0 Å². The van der Waals surface area contributed by atoms with Crippen LogP contribution in [0.25, 0.3) is 17.1 Å². The van der Waals surface area contributed by atoms with Crippen molar-refractivity contribution in [3.8, 4) is 17.1 Å². The highest BCUT2D eigenvalue weighted by atomic mass is 15.3. The molecule has 120 valence electrons. The summed E-state index contributed by atoms with van der Waals surface area (Å²) in [5.41, 5.74) is 6.57. The highest BCUT2D eigenvalue weighted by Gasteiger charge is 2.21. The minimum Gasteiger partial charge on any atom is -0.240 e. The number of benzene rings is 1. The van der Waals surface area contributed by atoms with Crippen LogP contribution >= 0.6 is 0 Å². The zero-order valence-corrected chi connectivity index (χ0v) is 13.9. The van der Waals surface area contributed by atoms with Crippen LogP contribution in [0.1, 0.15) is 16.7 Å². The second-order valence-electron chi connectivity index (χ2n) is 5.77. The van der Waals surface area contributed by atoms with Gasteiger partial charge in [-0.2, -0.15) is 15.3 Å². The number of nitrogens with zero attached hydrogens (tertiary/aromatic N) is 6.